The van der Waals surface area contributed by atoms with Gasteiger partial charge in [-0.25, -0.2) is 0 Å². The molecule has 0 atom stereocenters. The van der Waals surface area contributed by atoms with Crippen molar-refractivity contribution in [2.45, 2.75) is 17.3 Å². The number of carboxylic acids is 1. The molecule has 5 heteroatoms. The SMILES string of the molecule is [CH3][Ge]([CH3])([CH3])[c]1cccc(NC(=O)c2ccc(C(=O)O)cc2)c1. The predicted molar refractivity (Wildman–Crippen MR) is 90.8 cm³/mol. The summed E-state index contributed by atoms with van der Waals surface area (Å²) in [6, 6.07) is 13.8. The molecule has 0 spiro atoms. The molecule has 1 amide bonds. The van der Waals surface area contributed by atoms with Crippen molar-refractivity contribution in [2.24, 2.45) is 0 Å². The third-order valence-corrected chi connectivity index (χ3v) is 7.67. The van der Waals surface area contributed by atoms with Gasteiger partial charge in [-0.3, -0.25) is 0 Å². The molecule has 0 bridgehead atoms. The molecule has 2 rings (SSSR count). The molecular formula is C17H19GeNO3. The summed E-state index contributed by atoms with van der Waals surface area (Å²) in [5.74, 6) is 5.65. The van der Waals surface area contributed by atoms with Crippen molar-refractivity contribution >= 4 is 35.2 Å². The van der Waals surface area contributed by atoms with Gasteiger partial charge in [0, 0.05) is 0 Å². The third-order valence-electron chi connectivity index (χ3n) is 3.38. The fourth-order valence-electron chi connectivity index (χ4n) is 2.03. The topological polar surface area (TPSA) is 66.4 Å². The number of hydrogen-bond donors (Lipinski definition) is 2. The van der Waals surface area contributed by atoms with Crippen LogP contribution in [0.25, 0.3) is 0 Å². The van der Waals surface area contributed by atoms with Gasteiger partial charge in [0.2, 0.25) is 0 Å². The van der Waals surface area contributed by atoms with Crippen molar-refractivity contribution in [3.63, 3.8) is 0 Å². The van der Waals surface area contributed by atoms with E-state index in [0.717, 1.165) is 5.69 Å². The van der Waals surface area contributed by atoms with Crippen LogP contribution in [0.4, 0.5) is 5.69 Å². The van der Waals surface area contributed by atoms with Crippen LogP contribution in [0.5, 0.6) is 0 Å². The van der Waals surface area contributed by atoms with E-state index in [1.165, 1.54) is 28.7 Å². The van der Waals surface area contributed by atoms with E-state index in [1.54, 1.807) is 0 Å². The maximum absolute atomic E-state index is 12.2. The van der Waals surface area contributed by atoms with E-state index in [4.69, 9.17) is 5.11 Å². The number of benzene rings is 2. The molecule has 22 heavy (non-hydrogen) atoms. The van der Waals surface area contributed by atoms with Crippen molar-refractivity contribution in [1.29, 1.82) is 0 Å². The molecule has 0 aliphatic heterocycles. The number of hydrogen-bond acceptors (Lipinski definition) is 2. The molecule has 0 aliphatic rings. The average molecular weight is 358 g/mol. The second-order valence-corrected chi connectivity index (χ2v) is 16.8. The van der Waals surface area contributed by atoms with Crippen molar-refractivity contribution in [3.8, 4) is 0 Å². The van der Waals surface area contributed by atoms with Gasteiger partial charge in [-0.2, -0.15) is 0 Å². The van der Waals surface area contributed by atoms with Crippen LogP contribution in [0.3, 0.4) is 0 Å². The fourth-order valence-corrected chi connectivity index (χ4v) is 4.52. The monoisotopic (exact) mass is 359 g/mol. The fraction of sp³-hybridized carbons (Fsp3) is 0.176. The van der Waals surface area contributed by atoms with Crippen LogP contribution in [0, 0.1) is 0 Å². The summed E-state index contributed by atoms with van der Waals surface area (Å²) in [7, 11) is 0. The number of carbonyl (C=O) groups excluding carboxylic acids is 1. The van der Waals surface area contributed by atoms with Gasteiger partial charge in [-0.1, -0.05) is 0 Å². The molecule has 114 valence electrons. The van der Waals surface area contributed by atoms with Crippen LogP contribution in [0.15, 0.2) is 48.5 Å². The van der Waals surface area contributed by atoms with Gasteiger partial charge in [0.05, 0.1) is 0 Å². The Hall–Kier alpha value is -2.08. The van der Waals surface area contributed by atoms with E-state index in [1.807, 2.05) is 18.2 Å². The summed E-state index contributed by atoms with van der Waals surface area (Å²) < 4.78 is 1.32. The minimum absolute atomic E-state index is 0.166. The molecule has 0 saturated carbocycles. The second-order valence-electron chi connectivity index (χ2n) is 6.17. The summed E-state index contributed by atoms with van der Waals surface area (Å²) in [6.07, 6.45) is 0. The number of aromatic carboxylic acids is 1. The van der Waals surface area contributed by atoms with E-state index in [-0.39, 0.29) is 11.5 Å². The van der Waals surface area contributed by atoms with Crippen LogP contribution in [0.1, 0.15) is 20.7 Å². The number of anilines is 1. The Morgan fingerprint density at radius 1 is 0.955 bits per heavy atom. The molecule has 2 aromatic carbocycles. The molecule has 0 aliphatic carbocycles. The molecule has 0 fully saturated rings. The average Bonchev–Trinajstić information content (AvgIpc) is 2.46. The van der Waals surface area contributed by atoms with Crippen molar-refractivity contribution in [3.05, 3.63) is 59.7 Å². The zero-order chi connectivity index (χ0) is 16.3. The van der Waals surface area contributed by atoms with E-state index in [9.17, 15) is 9.59 Å². The van der Waals surface area contributed by atoms with E-state index in [2.05, 4.69) is 28.7 Å². The van der Waals surface area contributed by atoms with E-state index in [0.29, 0.717) is 5.56 Å². The van der Waals surface area contributed by atoms with Crippen molar-refractivity contribution < 1.29 is 14.7 Å². The van der Waals surface area contributed by atoms with Crippen LogP contribution < -0.4 is 9.71 Å². The number of carbonyl (C=O) groups is 2. The molecule has 0 aromatic heterocycles. The summed E-state index contributed by atoms with van der Waals surface area (Å²) in [4.78, 5) is 23.0. The van der Waals surface area contributed by atoms with E-state index < -0.39 is 19.2 Å². The Balaban J connectivity index is 2.17. The molecule has 0 saturated heterocycles. The first-order valence-electron chi connectivity index (χ1n) is 7.02. The normalized spacial score (nSPS) is 11.0. The molecule has 4 nitrogen and oxygen atoms in total. The molecule has 2 aromatic rings. The van der Waals surface area contributed by atoms with E-state index >= 15 is 0 Å². The van der Waals surface area contributed by atoms with Gasteiger partial charge in [-0.15, -0.1) is 0 Å². The van der Waals surface area contributed by atoms with Gasteiger partial charge in [0.25, 0.3) is 0 Å². The van der Waals surface area contributed by atoms with Crippen molar-refractivity contribution in [1.82, 2.24) is 0 Å². The molecule has 0 heterocycles. The molecular weight excluding hydrogens is 339 g/mol. The first-order valence-corrected chi connectivity index (χ1v) is 14.4. The Kier molecular flexibility index (Phi) is 4.71. The first kappa shape index (κ1) is 16.3. The number of rotatable bonds is 4. The van der Waals surface area contributed by atoms with Crippen LogP contribution in [-0.4, -0.2) is 30.2 Å². The number of carboxylic acid groups (broad SMARTS) is 1. The molecule has 0 unspecified atom stereocenters. The van der Waals surface area contributed by atoms with Crippen molar-refractivity contribution in [2.75, 3.05) is 5.32 Å². The van der Waals surface area contributed by atoms with Crippen LogP contribution in [-0.2, 0) is 0 Å². The zero-order valence-electron chi connectivity index (χ0n) is 12.9. The molecule has 0 radical (unpaired) electrons. The summed E-state index contributed by atoms with van der Waals surface area (Å²) >= 11 is -1.93. The quantitative estimate of drug-likeness (QED) is 0.826. The van der Waals surface area contributed by atoms with Gasteiger partial charge < -0.3 is 0 Å². The van der Waals surface area contributed by atoms with Gasteiger partial charge in [0.15, 0.2) is 0 Å². The standard InChI is InChI=1S/C17H19GeNO3/c1-18(2,3)14-5-4-6-15(11-14)19-16(20)12-7-9-13(10-8-12)17(21)22/h4-11H,1-3H3,(H,19,20)(H,21,22). The summed E-state index contributed by atoms with van der Waals surface area (Å²) in [6.45, 7) is 0. The Labute approximate surface area is 132 Å². The molecule has 2 N–H and O–H groups in total. The van der Waals surface area contributed by atoms with Gasteiger partial charge in [0.1, 0.15) is 0 Å². The number of nitrogens with one attached hydrogen (secondary N) is 1. The zero-order valence-corrected chi connectivity index (χ0v) is 15.0. The summed E-state index contributed by atoms with van der Waals surface area (Å²) in [5.41, 5.74) is 1.37. The number of amides is 1. The minimum atomic E-state index is -1.93. The van der Waals surface area contributed by atoms with Crippen LogP contribution in [0.2, 0.25) is 17.3 Å². The maximum atomic E-state index is 12.2. The third kappa shape index (κ3) is 3.98. The predicted octanol–water partition coefficient (Wildman–Crippen LogP) is 3.18. The Morgan fingerprint density at radius 3 is 2.09 bits per heavy atom. The second kappa shape index (κ2) is 6.36. The first-order chi connectivity index (χ1) is 10.3. The van der Waals surface area contributed by atoms with Gasteiger partial charge >= 0.3 is 132 Å². The van der Waals surface area contributed by atoms with Gasteiger partial charge in [-0.05, 0) is 0 Å². The van der Waals surface area contributed by atoms with Crippen LogP contribution >= 0.6 is 0 Å². The Bertz CT molecular complexity index is 703. The summed E-state index contributed by atoms with van der Waals surface area (Å²) in [5, 5.41) is 11.7. The Morgan fingerprint density at radius 2 is 1.55 bits per heavy atom.